The van der Waals surface area contributed by atoms with E-state index in [1.807, 2.05) is 58.0 Å². The first-order chi connectivity index (χ1) is 22.0. The lowest BCUT2D eigenvalue weighted by Crippen LogP contribution is -2.60. The van der Waals surface area contributed by atoms with Gasteiger partial charge in [-0.05, 0) is 38.2 Å². The van der Waals surface area contributed by atoms with Crippen LogP contribution < -0.4 is 5.32 Å². The molecule has 11 heteroatoms. The maximum atomic E-state index is 14.6. The Balaban J connectivity index is 1.73. The first-order valence-corrected chi connectivity index (χ1v) is 17.2. The van der Waals surface area contributed by atoms with E-state index in [-0.39, 0.29) is 54.8 Å². The predicted octanol–water partition coefficient (Wildman–Crippen LogP) is 3.93. The normalized spacial score (nSPS) is 28.4. The summed E-state index contributed by atoms with van der Waals surface area (Å²) in [6.07, 6.45) is 4.30. The number of aliphatic hydroxyl groups excluding tert-OH is 1. The molecule has 1 unspecified atom stereocenters. The Morgan fingerprint density at radius 1 is 1.22 bits per heavy atom. The van der Waals surface area contributed by atoms with Gasteiger partial charge in [0, 0.05) is 23.8 Å². The van der Waals surface area contributed by atoms with E-state index in [0.29, 0.717) is 19.3 Å². The zero-order valence-corrected chi connectivity index (χ0v) is 28.9. The Kier molecular flexibility index (Phi) is 11.9. The van der Waals surface area contributed by atoms with Gasteiger partial charge >= 0.3 is 5.97 Å². The Hall–Kier alpha value is -3.02. The van der Waals surface area contributed by atoms with E-state index in [9.17, 15) is 24.3 Å². The summed E-state index contributed by atoms with van der Waals surface area (Å²) in [6, 6.07) is 6.66. The van der Waals surface area contributed by atoms with Crippen LogP contribution in [0.25, 0.3) is 0 Å². The number of carbonyl (C=O) groups excluding carboxylic acids is 4. The third kappa shape index (κ3) is 6.69. The van der Waals surface area contributed by atoms with Gasteiger partial charge in [-0.2, -0.15) is 0 Å². The number of nitrogens with zero attached hydrogens (tertiary/aromatic N) is 2. The zero-order chi connectivity index (χ0) is 33.8. The van der Waals surface area contributed by atoms with Crippen LogP contribution >= 0.6 is 15.9 Å². The molecule has 10 nitrogen and oxygen atoms in total. The number of fused-ring (bicyclic) bond motifs is 1. The molecule has 1 aromatic rings. The topological polar surface area (TPSA) is 125 Å². The van der Waals surface area contributed by atoms with Crippen LogP contribution in [0.4, 0.5) is 0 Å². The Morgan fingerprint density at radius 2 is 1.91 bits per heavy atom. The monoisotopic (exact) mass is 701 g/mol. The molecule has 3 amide bonds. The lowest BCUT2D eigenvalue weighted by atomic mass is 9.70. The zero-order valence-electron chi connectivity index (χ0n) is 27.3. The van der Waals surface area contributed by atoms with E-state index in [2.05, 4.69) is 34.4 Å². The van der Waals surface area contributed by atoms with E-state index in [4.69, 9.17) is 9.47 Å². The summed E-state index contributed by atoms with van der Waals surface area (Å²) >= 11 is 3.73. The standard InChI is InChI=1S/C35H48BrN3O7/c1-7-10-16-27(41)45-20-25(23-14-12-11-13-15-23)37-32(42)28-29-33(43)39(26(19-40)22(6)9-3)31(34(44)38(17-8-2)21(4)5)35(29)18-24(36)30(28)46-35/h7-8,11-15,21-22,24-26,28-31,40H,1-2,9-10,16-20H2,3-6H3,(H,37,42)/t22-,24?,25-,26-,28-,29+,30-,31-,35+/m0/s1. The average molecular weight is 703 g/mol. The van der Waals surface area contributed by atoms with Gasteiger partial charge in [-0.25, -0.2) is 0 Å². The summed E-state index contributed by atoms with van der Waals surface area (Å²) in [5.74, 6) is -3.46. The number of esters is 1. The molecule has 0 radical (unpaired) electrons. The van der Waals surface area contributed by atoms with Crippen molar-refractivity contribution in [2.45, 2.75) is 94.1 Å². The minimum absolute atomic E-state index is 0.0930. The van der Waals surface area contributed by atoms with Gasteiger partial charge in [-0.1, -0.05) is 78.7 Å². The molecule has 252 valence electrons. The summed E-state index contributed by atoms with van der Waals surface area (Å²) < 4.78 is 12.2. The average Bonchev–Trinajstić information content (AvgIpc) is 3.64. The largest absolute Gasteiger partial charge is 0.463 e. The lowest BCUT2D eigenvalue weighted by Gasteiger charge is -2.41. The van der Waals surface area contributed by atoms with Gasteiger partial charge in [0.15, 0.2) is 0 Å². The van der Waals surface area contributed by atoms with Crippen molar-refractivity contribution in [3.8, 4) is 0 Å². The van der Waals surface area contributed by atoms with Crippen LogP contribution in [-0.4, -0.2) is 93.0 Å². The molecule has 46 heavy (non-hydrogen) atoms. The molecule has 1 aromatic carbocycles. The summed E-state index contributed by atoms with van der Waals surface area (Å²) in [7, 11) is 0. The maximum absolute atomic E-state index is 14.6. The van der Waals surface area contributed by atoms with Gasteiger partial charge < -0.3 is 29.7 Å². The van der Waals surface area contributed by atoms with Crippen molar-refractivity contribution in [2.75, 3.05) is 19.8 Å². The van der Waals surface area contributed by atoms with E-state index < -0.39 is 53.5 Å². The number of amides is 3. The van der Waals surface area contributed by atoms with E-state index >= 15 is 0 Å². The minimum Gasteiger partial charge on any atom is -0.463 e. The summed E-state index contributed by atoms with van der Waals surface area (Å²) in [5, 5.41) is 13.7. The van der Waals surface area contributed by atoms with Crippen molar-refractivity contribution >= 4 is 39.6 Å². The molecule has 3 saturated heterocycles. The van der Waals surface area contributed by atoms with Crippen LogP contribution in [0.1, 0.15) is 65.0 Å². The van der Waals surface area contributed by atoms with Crippen molar-refractivity contribution in [1.82, 2.24) is 15.1 Å². The van der Waals surface area contributed by atoms with Crippen LogP contribution in [0.2, 0.25) is 0 Å². The van der Waals surface area contributed by atoms with Crippen LogP contribution in [0.5, 0.6) is 0 Å². The Labute approximate surface area is 280 Å². The van der Waals surface area contributed by atoms with Gasteiger partial charge in [0.1, 0.15) is 18.2 Å². The number of hydrogen-bond donors (Lipinski definition) is 2. The van der Waals surface area contributed by atoms with Crippen LogP contribution in [0.3, 0.4) is 0 Å². The van der Waals surface area contributed by atoms with Crippen molar-refractivity contribution in [1.29, 1.82) is 0 Å². The van der Waals surface area contributed by atoms with Crippen molar-refractivity contribution in [2.24, 2.45) is 17.8 Å². The number of halogens is 1. The Morgan fingerprint density at radius 3 is 2.50 bits per heavy atom. The number of rotatable bonds is 16. The SMILES string of the molecule is C=CCCC(=O)OC[C@H](NC(=O)[C@@H]1[C@H]2O[C@@]3(CC2Br)[C@H](C(=O)N(CC=C)C(C)C)N([C@@H](CO)[C@@H](C)CC)C(=O)[C@@H]13)c1ccccc1. The molecular formula is C35H48BrN3O7. The number of benzene rings is 1. The lowest BCUT2D eigenvalue weighted by molar-refractivity contribution is -0.153. The Bertz CT molecular complexity index is 1290. The summed E-state index contributed by atoms with van der Waals surface area (Å²) in [5.41, 5.74) is -0.535. The number of alkyl halides is 1. The third-order valence-electron chi connectivity index (χ3n) is 9.82. The fraction of sp³-hybridized carbons (Fsp3) is 0.600. The molecule has 0 aromatic heterocycles. The highest BCUT2D eigenvalue weighted by atomic mass is 79.9. The quantitative estimate of drug-likeness (QED) is 0.152. The molecule has 2 N–H and O–H groups in total. The molecule has 2 bridgehead atoms. The van der Waals surface area contributed by atoms with E-state index in [1.165, 1.54) is 4.90 Å². The highest BCUT2D eigenvalue weighted by Crippen LogP contribution is 2.61. The highest BCUT2D eigenvalue weighted by molar-refractivity contribution is 9.09. The second-order valence-electron chi connectivity index (χ2n) is 12.9. The van der Waals surface area contributed by atoms with Crippen molar-refractivity contribution < 1.29 is 33.8 Å². The number of likely N-dealkylation sites (tertiary alicyclic amines) is 1. The number of carbonyl (C=O) groups is 4. The summed E-state index contributed by atoms with van der Waals surface area (Å²) in [6.45, 7) is 15.0. The summed E-state index contributed by atoms with van der Waals surface area (Å²) in [4.78, 5) is 58.7. The minimum atomic E-state index is -1.27. The van der Waals surface area contributed by atoms with Crippen molar-refractivity contribution in [3.05, 3.63) is 61.2 Å². The number of ether oxygens (including phenoxy) is 2. The smallest absolute Gasteiger partial charge is 0.306 e. The number of allylic oxidation sites excluding steroid dienone is 1. The molecule has 0 saturated carbocycles. The van der Waals surface area contributed by atoms with Gasteiger partial charge in [-0.15, -0.1) is 13.2 Å². The van der Waals surface area contributed by atoms with E-state index in [1.54, 1.807) is 17.1 Å². The molecular weight excluding hydrogens is 654 g/mol. The van der Waals surface area contributed by atoms with Crippen molar-refractivity contribution in [3.63, 3.8) is 0 Å². The fourth-order valence-electron chi connectivity index (χ4n) is 7.31. The van der Waals surface area contributed by atoms with Gasteiger partial charge in [0.2, 0.25) is 17.7 Å². The first kappa shape index (κ1) is 35.8. The molecule has 3 aliphatic rings. The van der Waals surface area contributed by atoms with Gasteiger partial charge in [0.05, 0.1) is 36.6 Å². The molecule has 1 spiro atoms. The molecule has 3 fully saturated rings. The van der Waals surface area contributed by atoms with Crippen LogP contribution in [-0.2, 0) is 28.7 Å². The second-order valence-corrected chi connectivity index (χ2v) is 14.1. The first-order valence-electron chi connectivity index (χ1n) is 16.2. The maximum Gasteiger partial charge on any atom is 0.306 e. The number of aliphatic hydroxyl groups is 1. The fourth-order valence-corrected chi connectivity index (χ4v) is 8.26. The van der Waals surface area contributed by atoms with E-state index in [0.717, 1.165) is 5.56 Å². The van der Waals surface area contributed by atoms with Crippen LogP contribution in [0, 0.1) is 17.8 Å². The number of nitrogens with one attached hydrogen (secondary N) is 1. The van der Waals surface area contributed by atoms with Gasteiger partial charge in [0.25, 0.3) is 0 Å². The second kappa shape index (κ2) is 15.3. The predicted molar refractivity (Wildman–Crippen MR) is 178 cm³/mol. The molecule has 0 aliphatic carbocycles. The van der Waals surface area contributed by atoms with Gasteiger partial charge in [-0.3, -0.25) is 19.2 Å². The number of hydrogen-bond acceptors (Lipinski definition) is 7. The molecule has 3 heterocycles. The highest BCUT2D eigenvalue weighted by Gasteiger charge is 2.77. The third-order valence-corrected chi connectivity index (χ3v) is 10.7. The molecule has 4 rings (SSSR count). The molecule has 9 atom stereocenters. The van der Waals surface area contributed by atoms with Crippen LogP contribution in [0.15, 0.2) is 55.6 Å². The molecule has 3 aliphatic heterocycles.